The number of nitrogens with one attached hydrogen (secondary N) is 2. The van der Waals surface area contributed by atoms with E-state index in [1.54, 1.807) is 12.4 Å². The van der Waals surface area contributed by atoms with Crippen molar-refractivity contribution in [2.45, 2.75) is 25.3 Å². The molecule has 0 aromatic carbocycles. The average molecular weight is 344 g/mol. The highest BCUT2D eigenvalue weighted by molar-refractivity contribution is 7.14. The first-order chi connectivity index (χ1) is 11.7. The number of nitrogens with zero attached hydrogens (tertiary/aromatic N) is 2. The van der Waals surface area contributed by atoms with Crippen LogP contribution in [0.3, 0.4) is 0 Å². The van der Waals surface area contributed by atoms with Crippen LogP contribution in [0.5, 0.6) is 0 Å². The summed E-state index contributed by atoms with van der Waals surface area (Å²) in [7, 11) is 0. The summed E-state index contributed by atoms with van der Waals surface area (Å²) >= 11 is 1.39. The molecule has 0 aliphatic heterocycles. The van der Waals surface area contributed by atoms with Gasteiger partial charge in [-0.05, 0) is 43.2 Å². The Kier molecular flexibility index (Phi) is 4.20. The average Bonchev–Trinajstić information content (AvgIpc) is 3.31. The number of fused-ring (bicyclic) bond motifs is 2. The molecule has 2 amide bonds. The van der Waals surface area contributed by atoms with Gasteiger partial charge in [0.1, 0.15) is 0 Å². The first-order valence-electron chi connectivity index (χ1n) is 8.29. The van der Waals surface area contributed by atoms with Crippen LogP contribution in [0.25, 0.3) is 11.3 Å². The zero-order valence-corrected chi connectivity index (χ0v) is 14.0. The van der Waals surface area contributed by atoms with Crippen LogP contribution in [0.1, 0.15) is 19.3 Å². The normalized spacial score (nSPS) is 28.0. The van der Waals surface area contributed by atoms with Crippen molar-refractivity contribution in [3.8, 4) is 11.3 Å². The Morgan fingerprint density at radius 2 is 2.25 bits per heavy atom. The number of carbonyl (C=O) groups excluding carboxylic acids is 1. The largest absolute Gasteiger partial charge is 0.396 e. The van der Waals surface area contributed by atoms with Crippen LogP contribution < -0.4 is 10.6 Å². The van der Waals surface area contributed by atoms with Crippen LogP contribution in [0, 0.1) is 17.8 Å². The molecule has 0 spiro atoms. The van der Waals surface area contributed by atoms with E-state index in [1.807, 2.05) is 17.5 Å². The van der Waals surface area contributed by atoms with Gasteiger partial charge < -0.3 is 10.4 Å². The van der Waals surface area contributed by atoms with Crippen LogP contribution in [0.15, 0.2) is 29.9 Å². The molecule has 2 bridgehead atoms. The van der Waals surface area contributed by atoms with Crippen LogP contribution in [-0.4, -0.2) is 33.8 Å². The van der Waals surface area contributed by atoms with E-state index in [0.717, 1.165) is 24.1 Å². The molecule has 2 saturated carbocycles. The SMILES string of the molecule is O=C(Nc1nc(-c2cccnc2)cs1)N[C@H]1[C@H]2CC[C@@H](C2)[C@@H]1CO. The first kappa shape index (κ1) is 15.5. The van der Waals surface area contributed by atoms with E-state index in [2.05, 4.69) is 20.6 Å². The van der Waals surface area contributed by atoms with Gasteiger partial charge in [0.2, 0.25) is 0 Å². The van der Waals surface area contributed by atoms with Gasteiger partial charge in [0.05, 0.1) is 5.69 Å². The molecule has 7 heteroatoms. The summed E-state index contributed by atoms with van der Waals surface area (Å²) in [6.07, 6.45) is 6.92. The number of aliphatic hydroxyl groups excluding tert-OH is 1. The fraction of sp³-hybridized carbons (Fsp3) is 0.471. The summed E-state index contributed by atoms with van der Waals surface area (Å²) in [6, 6.07) is 3.63. The number of carbonyl (C=O) groups is 1. The minimum atomic E-state index is -0.238. The van der Waals surface area contributed by atoms with Gasteiger partial charge >= 0.3 is 6.03 Å². The van der Waals surface area contributed by atoms with E-state index >= 15 is 0 Å². The van der Waals surface area contributed by atoms with Crippen LogP contribution in [-0.2, 0) is 0 Å². The fourth-order valence-corrected chi connectivity index (χ4v) is 4.88. The number of anilines is 1. The smallest absolute Gasteiger partial charge is 0.321 e. The maximum atomic E-state index is 12.3. The number of amides is 2. The molecular weight excluding hydrogens is 324 g/mol. The van der Waals surface area contributed by atoms with Gasteiger partial charge in [-0.2, -0.15) is 0 Å². The zero-order chi connectivity index (χ0) is 16.5. The lowest BCUT2D eigenvalue weighted by molar-refractivity contribution is 0.146. The van der Waals surface area contributed by atoms with Crippen molar-refractivity contribution in [2.75, 3.05) is 11.9 Å². The van der Waals surface area contributed by atoms with E-state index in [-0.39, 0.29) is 24.6 Å². The summed E-state index contributed by atoms with van der Waals surface area (Å²) in [5.41, 5.74) is 1.73. The van der Waals surface area contributed by atoms with Gasteiger partial charge in [0, 0.05) is 41.9 Å². The molecule has 2 fully saturated rings. The standard InChI is InChI=1S/C17H20N4O2S/c22-8-13-10-3-4-11(6-10)15(13)20-16(23)21-17-19-14(9-24-17)12-2-1-5-18-7-12/h1-2,5,7,9-11,13,15,22H,3-4,6,8H2,(H2,19,20,21,23)/t10-,11-,13-,15-/m0/s1. The molecule has 4 atom stereocenters. The van der Waals surface area contributed by atoms with Crippen molar-refractivity contribution in [1.29, 1.82) is 0 Å². The van der Waals surface area contributed by atoms with E-state index in [4.69, 9.17) is 0 Å². The van der Waals surface area contributed by atoms with E-state index < -0.39 is 0 Å². The molecule has 0 saturated heterocycles. The Hall–Kier alpha value is -1.99. The monoisotopic (exact) mass is 344 g/mol. The van der Waals surface area contributed by atoms with Crippen LogP contribution in [0.4, 0.5) is 9.93 Å². The van der Waals surface area contributed by atoms with Crippen molar-refractivity contribution in [1.82, 2.24) is 15.3 Å². The Labute approximate surface area is 144 Å². The van der Waals surface area contributed by atoms with Crippen molar-refractivity contribution in [2.24, 2.45) is 17.8 Å². The number of hydrogen-bond acceptors (Lipinski definition) is 5. The van der Waals surface area contributed by atoms with Gasteiger partial charge in [0.25, 0.3) is 0 Å². The molecule has 3 N–H and O–H groups in total. The molecule has 2 heterocycles. The predicted octanol–water partition coefficient (Wildman–Crippen LogP) is 2.73. The molecule has 126 valence electrons. The number of aromatic nitrogens is 2. The second-order valence-corrected chi connectivity index (χ2v) is 7.44. The Morgan fingerprint density at radius 3 is 3.04 bits per heavy atom. The van der Waals surface area contributed by atoms with Crippen molar-refractivity contribution in [3.05, 3.63) is 29.9 Å². The minimum absolute atomic E-state index is 0.0755. The lowest BCUT2D eigenvalue weighted by Gasteiger charge is -2.30. The van der Waals surface area contributed by atoms with Crippen molar-refractivity contribution < 1.29 is 9.90 Å². The summed E-state index contributed by atoms with van der Waals surface area (Å²) in [5.74, 6) is 1.25. The Bertz CT molecular complexity index is 720. The van der Waals surface area contributed by atoms with E-state index in [9.17, 15) is 9.90 Å². The zero-order valence-electron chi connectivity index (χ0n) is 13.2. The quantitative estimate of drug-likeness (QED) is 0.796. The topological polar surface area (TPSA) is 87.1 Å². The maximum absolute atomic E-state index is 12.3. The van der Waals surface area contributed by atoms with Gasteiger partial charge in [-0.1, -0.05) is 0 Å². The number of urea groups is 1. The summed E-state index contributed by atoms with van der Waals surface area (Å²) in [6.45, 7) is 0.147. The molecule has 4 rings (SSSR count). The first-order valence-corrected chi connectivity index (χ1v) is 9.17. The number of thiazole rings is 1. The predicted molar refractivity (Wildman–Crippen MR) is 92.7 cm³/mol. The molecule has 2 aliphatic carbocycles. The van der Waals surface area contributed by atoms with Gasteiger partial charge in [-0.15, -0.1) is 11.3 Å². The maximum Gasteiger partial charge on any atom is 0.321 e. The third-order valence-electron chi connectivity index (χ3n) is 5.28. The molecule has 2 aromatic rings. The Morgan fingerprint density at radius 1 is 1.38 bits per heavy atom. The molecule has 24 heavy (non-hydrogen) atoms. The van der Waals surface area contributed by atoms with Crippen LogP contribution >= 0.6 is 11.3 Å². The van der Waals surface area contributed by atoms with Crippen LogP contribution in [0.2, 0.25) is 0 Å². The van der Waals surface area contributed by atoms with Gasteiger partial charge in [0.15, 0.2) is 5.13 Å². The molecule has 2 aliphatic rings. The van der Waals surface area contributed by atoms with E-state index in [0.29, 0.717) is 17.0 Å². The lowest BCUT2D eigenvalue weighted by atomic mass is 9.85. The number of rotatable bonds is 4. The lowest BCUT2D eigenvalue weighted by Crippen LogP contribution is -2.46. The summed E-state index contributed by atoms with van der Waals surface area (Å²) < 4.78 is 0. The molecule has 0 radical (unpaired) electrons. The number of pyridine rings is 1. The second kappa shape index (κ2) is 6.49. The third-order valence-corrected chi connectivity index (χ3v) is 6.04. The minimum Gasteiger partial charge on any atom is -0.396 e. The third kappa shape index (κ3) is 2.89. The second-order valence-electron chi connectivity index (χ2n) is 6.58. The molecular formula is C17H20N4O2S. The highest BCUT2D eigenvalue weighted by atomic mass is 32.1. The van der Waals surface area contributed by atoms with E-state index in [1.165, 1.54) is 17.8 Å². The van der Waals surface area contributed by atoms with Gasteiger partial charge in [-0.25, -0.2) is 9.78 Å². The number of hydrogen-bond donors (Lipinski definition) is 3. The number of aliphatic hydroxyl groups is 1. The van der Waals surface area contributed by atoms with Gasteiger partial charge in [-0.3, -0.25) is 10.3 Å². The highest BCUT2D eigenvalue weighted by Crippen LogP contribution is 2.48. The summed E-state index contributed by atoms with van der Waals surface area (Å²) in [4.78, 5) is 20.8. The molecule has 6 nitrogen and oxygen atoms in total. The molecule has 2 aromatic heterocycles. The molecule has 0 unspecified atom stereocenters. The van der Waals surface area contributed by atoms with Crippen molar-refractivity contribution >= 4 is 22.5 Å². The summed E-state index contributed by atoms with van der Waals surface area (Å²) in [5, 5.41) is 17.9. The van der Waals surface area contributed by atoms with Crippen molar-refractivity contribution in [3.63, 3.8) is 0 Å². The fourth-order valence-electron chi connectivity index (χ4n) is 4.16. The Balaban J connectivity index is 1.39. The highest BCUT2D eigenvalue weighted by Gasteiger charge is 2.47.